The van der Waals surface area contributed by atoms with Crippen LogP contribution in [0, 0.1) is 5.82 Å². The minimum absolute atomic E-state index is 0.116. The van der Waals surface area contributed by atoms with Gasteiger partial charge in [-0.1, -0.05) is 15.9 Å². The summed E-state index contributed by atoms with van der Waals surface area (Å²) in [6, 6.07) is 6.72. The molecular weight excluding hydrogens is 363 g/mol. The second-order valence-electron chi connectivity index (χ2n) is 5.53. The summed E-state index contributed by atoms with van der Waals surface area (Å²) in [5, 5.41) is 15.0. The predicted molar refractivity (Wildman–Crippen MR) is 91.6 cm³/mol. The molecule has 2 aromatic rings. The monoisotopic (exact) mass is 380 g/mol. The Morgan fingerprint density at radius 1 is 1.26 bits per heavy atom. The normalized spacial score (nSPS) is 13.9. The van der Waals surface area contributed by atoms with Crippen LogP contribution in [0.2, 0.25) is 0 Å². The highest BCUT2D eigenvalue weighted by atomic mass is 79.9. The van der Waals surface area contributed by atoms with Gasteiger partial charge in [0.15, 0.2) is 0 Å². The number of anilines is 3. The van der Waals surface area contributed by atoms with E-state index in [1.807, 2.05) is 6.07 Å². The van der Waals surface area contributed by atoms with Crippen LogP contribution >= 0.6 is 15.9 Å². The Morgan fingerprint density at radius 2 is 2.09 bits per heavy atom. The molecule has 0 aliphatic heterocycles. The maximum absolute atomic E-state index is 14.0. The predicted octanol–water partition coefficient (Wildman–Crippen LogP) is 3.79. The van der Waals surface area contributed by atoms with Crippen LogP contribution in [0.15, 0.2) is 28.7 Å². The summed E-state index contributed by atoms with van der Waals surface area (Å²) in [7, 11) is 0. The first kappa shape index (κ1) is 16.1. The molecule has 1 fully saturated rings. The van der Waals surface area contributed by atoms with E-state index in [2.05, 4.69) is 36.5 Å². The minimum Gasteiger partial charge on any atom is -0.396 e. The van der Waals surface area contributed by atoms with Gasteiger partial charge in [-0.3, -0.25) is 0 Å². The number of hydrogen-bond donors (Lipinski definition) is 3. The first-order valence-corrected chi connectivity index (χ1v) is 8.41. The van der Waals surface area contributed by atoms with Crippen molar-refractivity contribution in [3.63, 3.8) is 0 Å². The largest absolute Gasteiger partial charge is 0.396 e. The fourth-order valence-corrected chi connectivity index (χ4v) is 2.54. The Kier molecular flexibility index (Phi) is 5.07. The summed E-state index contributed by atoms with van der Waals surface area (Å²) in [6.07, 6.45) is 2.87. The van der Waals surface area contributed by atoms with E-state index < -0.39 is 0 Å². The lowest BCUT2D eigenvalue weighted by molar-refractivity contribution is 0.292. The van der Waals surface area contributed by atoms with E-state index >= 15 is 0 Å². The van der Waals surface area contributed by atoms with Gasteiger partial charge in [0, 0.05) is 29.6 Å². The van der Waals surface area contributed by atoms with Gasteiger partial charge in [0.25, 0.3) is 0 Å². The average molecular weight is 381 g/mol. The number of nitrogens with zero attached hydrogens (tertiary/aromatic N) is 2. The van der Waals surface area contributed by atoms with Crippen LogP contribution < -0.4 is 10.6 Å². The van der Waals surface area contributed by atoms with Crippen LogP contribution in [0.4, 0.5) is 21.8 Å². The third kappa shape index (κ3) is 4.39. The molecule has 1 aromatic heterocycles. The Morgan fingerprint density at radius 3 is 2.78 bits per heavy atom. The van der Waals surface area contributed by atoms with E-state index in [-0.39, 0.29) is 12.4 Å². The van der Waals surface area contributed by atoms with E-state index in [1.165, 1.54) is 6.07 Å². The lowest BCUT2D eigenvalue weighted by Gasteiger charge is -2.11. The van der Waals surface area contributed by atoms with Crippen molar-refractivity contribution in [2.75, 3.05) is 23.8 Å². The van der Waals surface area contributed by atoms with Gasteiger partial charge in [0.2, 0.25) is 5.95 Å². The molecule has 0 bridgehead atoms. The molecule has 23 heavy (non-hydrogen) atoms. The summed E-state index contributed by atoms with van der Waals surface area (Å²) in [4.78, 5) is 8.88. The maximum Gasteiger partial charge on any atom is 0.224 e. The summed E-state index contributed by atoms with van der Waals surface area (Å²) < 4.78 is 14.7. The molecule has 0 atom stereocenters. The molecule has 1 aliphatic carbocycles. The first-order valence-electron chi connectivity index (χ1n) is 7.61. The summed E-state index contributed by atoms with van der Waals surface area (Å²) >= 11 is 3.24. The Labute approximate surface area is 142 Å². The molecule has 1 aliphatic rings. The van der Waals surface area contributed by atoms with Crippen molar-refractivity contribution in [3.05, 3.63) is 40.2 Å². The van der Waals surface area contributed by atoms with Gasteiger partial charge in [-0.05, 0) is 37.5 Å². The molecule has 7 heteroatoms. The molecule has 122 valence electrons. The average Bonchev–Trinajstić information content (AvgIpc) is 3.35. The molecule has 0 spiro atoms. The van der Waals surface area contributed by atoms with E-state index in [9.17, 15) is 4.39 Å². The standard InChI is InChI=1S/C16H18BrFN4O/c17-11-4-5-13(12(18)8-11)20-15-9-14(10-2-3-10)21-16(22-15)19-6-1-7-23/h4-5,8-10,23H,1-3,6-7H2,(H2,19,20,21,22). The van der Waals surface area contributed by atoms with E-state index in [1.54, 1.807) is 12.1 Å². The van der Waals surface area contributed by atoms with Crippen molar-refractivity contribution < 1.29 is 9.50 Å². The van der Waals surface area contributed by atoms with Crippen molar-refractivity contribution in [1.29, 1.82) is 0 Å². The quantitative estimate of drug-likeness (QED) is 0.637. The van der Waals surface area contributed by atoms with Crippen molar-refractivity contribution >= 4 is 33.4 Å². The van der Waals surface area contributed by atoms with Crippen LogP contribution in [-0.4, -0.2) is 28.2 Å². The second-order valence-corrected chi connectivity index (χ2v) is 6.44. The third-order valence-electron chi connectivity index (χ3n) is 3.55. The SMILES string of the molecule is OCCCNc1nc(Nc2ccc(Br)cc2F)cc(C2CC2)n1. The molecule has 1 saturated carbocycles. The molecule has 3 N–H and O–H groups in total. The van der Waals surface area contributed by atoms with Gasteiger partial charge in [-0.25, -0.2) is 9.37 Å². The number of benzene rings is 1. The molecule has 0 saturated heterocycles. The number of aliphatic hydroxyl groups excluding tert-OH is 1. The Bertz CT molecular complexity index is 694. The van der Waals surface area contributed by atoms with Crippen LogP contribution in [0.1, 0.15) is 30.9 Å². The van der Waals surface area contributed by atoms with Gasteiger partial charge in [-0.2, -0.15) is 4.98 Å². The highest BCUT2D eigenvalue weighted by Crippen LogP contribution is 2.40. The lowest BCUT2D eigenvalue weighted by Crippen LogP contribution is -2.09. The van der Waals surface area contributed by atoms with Gasteiger partial charge in [0.1, 0.15) is 11.6 Å². The summed E-state index contributed by atoms with van der Waals surface area (Å²) in [5.41, 5.74) is 1.33. The van der Waals surface area contributed by atoms with Crippen LogP contribution in [-0.2, 0) is 0 Å². The maximum atomic E-state index is 14.0. The van der Waals surface area contributed by atoms with Gasteiger partial charge in [0.05, 0.1) is 11.4 Å². The number of halogens is 2. The van der Waals surface area contributed by atoms with E-state index in [0.29, 0.717) is 40.8 Å². The van der Waals surface area contributed by atoms with Crippen LogP contribution in [0.5, 0.6) is 0 Å². The fourth-order valence-electron chi connectivity index (χ4n) is 2.21. The third-order valence-corrected chi connectivity index (χ3v) is 4.05. The number of rotatable bonds is 7. The van der Waals surface area contributed by atoms with E-state index in [0.717, 1.165) is 18.5 Å². The van der Waals surface area contributed by atoms with Crippen molar-refractivity contribution in [3.8, 4) is 0 Å². The van der Waals surface area contributed by atoms with Crippen molar-refractivity contribution in [1.82, 2.24) is 9.97 Å². The topological polar surface area (TPSA) is 70.1 Å². The zero-order valence-electron chi connectivity index (χ0n) is 12.5. The molecule has 0 amide bonds. The molecule has 5 nitrogen and oxygen atoms in total. The number of hydrogen-bond acceptors (Lipinski definition) is 5. The fraction of sp³-hybridized carbons (Fsp3) is 0.375. The number of nitrogens with one attached hydrogen (secondary N) is 2. The van der Waals surface area contributed by atoms with Gasteiger partial charge >= 0.3 is 0 Å². The second kappa shape index (κ2) is 7.23. The first-order chi connectivity index (χ1) is 11.2. The lowest BCUT2D eigenvalue weighted by atomic mass is 10.2. The number of aliphatic hydroxyl groups is 1. The highest BCUT2D eigenvalue weighted by Gasteiger charge is 2.26. The zero-order valence-corrected chi connectivity index (χ0v) is 14.1. The summed E-state index contributed by atoms with van der Waals surface area (Å²) in [5.74, 6) is 1.19. The van der Waals surface area contributed by atoms with Crippen LogP contribution in [0.25, 0.3) is 0 Å². The smallest absolute Gasteiger partial charge is 0.224 e. The van der Waals surface area contributed by atoms with Crippen molar-refractivity contribution in [2.24, 2.45) is 0 Å². The molecule has 1 heterocycles. The van der Waals surface area contributed by atoms with Gasteiger partial charge < -0.3 is 15.7 Å². The molecule has 3 rings (SSSR count). The number of aromatic nitrogens is 2. The zero-order chi connectivity index (χ0) is 16.2. The van der Waals surface area contributed by atoms with Crippen LogP contribution in [0.3, 0.4) is 0 Å². The van der Waals surface area contributed by atoms with E-state index in [4.69, 9.17) is 5.11 Å². The Balaban J connectivity index is 1.82. The molecular formula is C16H18BrFN4O. The minimum atomic E-state index is -0.347. The Hall–Kier alpha value is -1.73. The molecule has 0 radical (unpaired) electrons. The van der Waals surface area contributed by atoms with Gasteiger partial charge in [-0.15, -0.1) is 0 Å². The highest BCUT2D eigenvalue weighted by molar-refractivity contribution is 9.10. The summed E-state index contributed by atoms with van der Waals surface area (Å²) in [6.45, 7) is 0.710. The van der Waals surface area contributed by atoms with Crippen molar-refractivity contribution in [2.45, 2.75) is 25.2 Å². The molecule has 0 unspecified atom stereocenters. The molecule has 1 aromatic carbocycles.